The summed E-state index contributed by atoms with van der Waals surface area (Å²) in [5.41, 5.74) is 0. The molecule has 1 saturated carbocycles. The van der Waals surface area contributed by atoms with Gasteiger partial charge >= 0.3 is 0 Å². The van der Waals surface area contributed by atoms with E-state index >= 15 is 0 Å². The third kappa shape index (κ3) is 3.34. The number of rotatable bonds is 4. The Morgan fingerprint density at radius 3 is 2.69 bits per heavy atom. The van der Waals surface area contributed by atoms with Crippen molar-refractivity contribution < 1.29 is 4.79 Å². The van der Waals surface area contributed by atoms with Gasteiger partial charge in [-0.2, -0.15) is 11.8 Å². The van der Waals surface area contributed by atoms with Crippen LogP contribution in [0.15, 0.2) is 0 Å². The van der Waals surface area contributed by atoms with Gasteiger partial charge in [0, 0.05) is 17.6 Å². The Balaban J connectivity index is 2.19. The van der Waals surface area contributed by atoms with Gasteiger partial charge in [0.1, 0.15) is 5.78 Å². The first-order chi connectivity index (χ1) is 6.11. The summed E-state index contributed by atoms with van der Waals surface area (Å²) in [6.45, 7) is 6.59. The van der Waals surface area contributed by atoms with Crippen LogP contribution in [-0.2, 0) is 4.79 Å². The van der Waals surface area contributed by atoms with Crippen LogP contribution in [0.1, 0.15) is 40.0 Å². The van der Waals surface area contributed by atoms with Crippen LogP contribution >= 0.6 is 11.8 Å². The molecule has 2 unspecified atom stereocenters. The van der Waals surface area contributed by atoms with E-state index in [1.807, 2.05) is 11.8 Å². The summed E-state index contributed by atoms with van der Waals surface area (Å²) in [4.78, 5) is 11.3. The molecule has 1 fully saturated rings. The van der Waals surface area contributed by atoms with Crippen molar-refractivity contribution >= 4 is 17.5 Å². The molecule has 2 heteroatoms. The normalized spacial score (nSPS) is 28.8. The Morgan fingerprint density at radius 2 is 2.23 bits per heavy atom. The van der Waals surface area contributed by atoms with Crippen LogP contribution in [0, 0.1) is 11.8 Å². The lowest BCUT2D eigenvalue weighted by Gasteiger charge is -2.14. The first kappa shape index (κ1) is 11.1. The first-order valence-electron chi connectivity index (χ1n) is 5.25. The van der Waals surface area contributed by atoms with Gasteiger partial charge in [-0.25, -0.2) is 0 Å². The molecule has 0 heterocycles. The fraction of sp³-hybridized carbons (Fsp3) is 0.909. The highest BCUT2D eigenvalue weighted by molar-refractivity contribution is 7.99. The second-order valence-corrected chi connectivity index (χ2v) is 5.73. The van der Waals surface area contributed by atoms with E-state index in [0.717, 1.165) is 18.8 Å². The van der Waals surface area contributed by atoms with Crippen LogP contribution in [0.3, 0.4) is 0 Å². The highest BCUT2D eigenvalue weighted by Crippen LogP contribution is 2.32. The van der Waals surface area contributed by atoms with Gasteiger partial charge in [0.05, 0.1) is 0 Å². The van der Waals surface area contributed by atoms with Crippen LogP contribution in [-0.4, -0.2) is 16.8 Å². The molecule has 0 amide bonds. The van der Waals surface area contributed by atoms with Gasteiger partial charge in [0.25, 0.3) is 0 Å². The van der Waals surface area contributed by atoms with Crippen LogP contribution in [0.25, 0.3) is 0 Å². The molecular weight excluding hydrogens is 180 g/mol. The molecule has 1 rings (SSSR count). The highest BCUT2D eigenvalue weighted by Gasteiger charge is 2.30. The fourth-order valence-corrected chi connectivity index (χ4v) is 3.29. The van der Waals surface area contributed by atoms with Gasteiger partial charge in [-0.15, -0.1) is 0 Å². The van der Waals surface area contributed by atoms with Crippen molar-refractivity contribution in [1.82, 2.24) is 0 Å². The van der Waals surface area contributed by atoms with Crippen LogP contribution < -0.4 is 0 Å². The van der Waals surface area contributed by atoms with E-state index in [9.17, 15) is 4.79 Å². The minimum atomic E-state index is 0.317. The average molecular weight is 200 g/mol. The minimum Gasteiger partial charge on any atom is -0.299 e. The molecule has 0 N–H and O–H groups in total. The smallest absolute Gasteiger partial charge is 0.136 e. The lowest BCUT2D eigenvalue weighted by atomic mass is 10.1. The summed E-state index contributed by atoms with van der Waals surface area (Å²) in [5.74, 6) is 2.80. The van der Waals surface area contributed by atoms with Crippen molar-refractivity contribution in [2.24, 2.45) is 11.8 Å². The summed E-state index contributed by atoms with van der Waals surface area (Å²) in [6, 6.07) is 0. The number of Topliss-reactive ketones (excluding diaryl/α,β-unsaturated/α-hetero) is 1. The number of carbonyl (C=O) groups excluding carboxylic acids is 1. The van der Waals surface area contributed by atoms with E-state index in [1.165, 1.54) is 12.2 Å². The van der Waals surface area contributed by atoms with Crippen molar-refractivity contribution in [3.8, 4) is 0 Å². The van der Waals surface area contributed by atoms with Crippen LogP contribution in [0.5, 0.6) is 0 Å². The molecule has 0 radical (unpaired) electrons. The molecule has 1 nitrogen and oxygen atoms in total. The zero-order valence-electron chi connectivity index (χ0n) is 8.88. The molecule has 0 aromatic rings. The lowest BCUT2D eigenvalue weighted by Crippen LogP contribution is -2.13. The molecule has 0 bridgehead atoms. The Bertz CT molecular complexity index is 177. The number of hydrogen-bond donors (Lipinski definition) is 0. The fourth-order valence-electron chi connectivity index (χ4n) is 1.65. The molecule has 13 heavy (non-hydrogen) atoms. The molecule has 1 aliphatic carbocycles. The predicted octanol–water partition coefficient (Wildman–Crippen LogP) is 3.13. The zero-order valence-corrected chi connectivity index (χ0v) is 9.69. The molecule has 0 aromatic carbocycles. The largest absolute Gasteiger partial charge is 0.299 e. The van der Waals surface area contributed by atoms with Gasteiger partial charge in [-0.1, -0.05) is 20.8 Å². The van der Waals surface area contributed by atoms with Gasteiger partial charge in [0.15, 0.2) is 0 Å². The summed E-state index contributed by atoms with van der Waals surface area (Å²) in [5, 5.41) is 0.617. The standard InChI is InChI=1S/C11H20OS/c1-8(2)6-7-13-11-5-4-10(12)9(11)3/h8-9,11H,4-7H2,1-3H3. The molecule has 1 aliphatic rings. The van der Waals surface area contributed by atoms with E-state index < -0.39 is 0 Å². The van der Waals surface area contributed by atoms with Crippen molar-refractivity contribution in [2.45, 2.75) is 45.3 Å². The summed E-state index contributed by atoms with van der Waals surface area (Å²) >= 11 is 2.00. The summed E-state index contributed by atoms with van der Waals surface area (Å²) in [6.07, 6.45) is 3.21. The maximum Gasteiger partial charge on any atom is 0.136 e. The van der Waals surface area contributed by atoms with E-state index in [1.54, 1.807) is 0 Å². The predicted molar refractivity (Wildman–Crippen MR) is 59.1 cm³/mol. The Morgan fingerprint density at radius 1 is 1.54 bits per heavy atom. The van der Waals surface area contributed by atoms with E-state index in [4.69, 9.17) is 0 Å². The van der Waals surface area contributed by atoms with Crippen molar-refractivity contribution in [1.29, 1.82) is 0 Å². The average Bonchev–Trinajstić information content (AvgIpc) is 2.35. The topological polar surface area (TPSA) is 17.1 Å². The van der Waals surface area contributed by atoms with Crippen molar-refractivity contribution in [3.63, 3.8) is 0 Å². The Hall–Kier alpha value is 0.0200. The molecule has 0 saturated heterocycles. The van der Waals surface area contributed by atoms with Gasteiger partial charge in [-0.05, 0) is 24.5 Å². The molecule has 0 aliphatic heterocycles. The second kappa shape index (κ2) is 5.04. The summed E-state index contributed by atoms with van der Waals surface area (Å²) < 4.78 is 0. The second-order valence-electron chi connectivity index (χ2n) is 4.39. The van der Waals surface area contributed by atoms with Crippen LogP contribution in [0.4, 0.5) is 0 Å². The quantitative estimate of drug-likeness (QED) is 0.693. The molecular formula is C11H20OS. The highest BCUT2D eigenvalue weighted by atomic mass is 32.2. The number of hydrogen-bond acceptors (Lipinski definition) is 2. The maximum atomic E-state index is 11.3. The SMILES string of the molecule is CC(C)CCSC1CCC(=O)C1C. The summed E-state index contributed by atoms with van der Waals surface area (Å²) in [7, 11) is 0. The first-order valence-corrected chi connectivity index (χ1v) is 6.30. The third-order valence-electron chi connectivity index (χ3n) is 2.77. The van der Waals surface area contributed by atoms with Crippen LogP contribution in [0.2, 0.25) is 0 Å². The molecule has 0 aromatic heterocycles. The number of carbonyl (C=O) groups is 1. The lowest BCUT2D eigenvalue weighted by molar-refractivity contribution is -0.120. The van der Waals surface area contributed by atoms with E-state index in [-0.39, 0.29) is 0 Å². The van der Waals surface area contributed by atoms with Gasteiger partial charge < -0.3 is 0 Å². The Labute approximate surface area is 85.7 Å². The van der Waals surface area contributed by atoms with E-state index in [0.29, 0.717) is 17.0 Å². The van der Waals surface area contributed by atoms with Crippen molar-refractivity contribution in [2.75, 3.05) is 5.75 Å². The van der Waals surface area contributed by atoms with Gasteiger partial charge in [-0.3, -0.25) is 4.79 Å². The third-order valence-corrected chi connectivity index (χ3v) is 4.31. The molecule has 2 atom stereocenters. The zero-order chi connectivity index (χ0) is 9.84. The maximum absolute atomic E-state index is 11.3. The monoisotopic (exact) mass is 200 g/mol. The van der Waals surface area contributed by atoms with Gasteiger partial charge in [0.2, 0.25) is 0 Å². The number of ketones is 1. The minimum absolute atomic E-state index is 0.317. The van der Waals surface area contributed by atoms with Crippen molar-refractivity contribution in [3.05, 3.63) is 0 Å². The number of thioether (sulfide) groups is 1. The molecule has 76 valence electrons. The molecule has 0 spiro atoms. The van der Waals surface area contributed by atoms with E-state index in [2.05, 4.69) is 20.8 Å². The Kier molecular flexibility index (Phi) is 4.30.